The highest BCUT2D eigenvalue weighted by atomic mass is 35.5. The van der Waals surface area contributed by atoms with Crippen molar-refractivity contribution >= 4 is 12.4 Å². The molecule has 9 heteroatoms. The molecule has 1 fully saturated rings. The number of hydrogen-bond donors (Lipinski definition) is 1. The minimum Gasteiger partial charge on any atom is -0.314 e. The highest BCUT2D eigenvalue weighted by Crippen LogP contribution is 2.35. The van der Waals surface area contributed by atoms with E-state index in [4.69, 9.17) is 0 Å². The van der Waals surface area contributed by atoms with Crippen LogP contribution in [0.15, 0.2) is 12.1 Å². The Kier molecular flexibility index (Phi) is 6.51. The first-order valence-corrected chi connectivity index (χ1v) is 6.44. The van der Waals surface area contributed by atoms with E-state index in [0.717, 1.165) is 0 Å². The van der Waals surface area contributed by atoms with E-state index < -0.39 is 41.7 Å². The molecule has 1 aromatic rings. The van der Waals surface area contributed by atoms with E-state index in [1.54, 1.807) is 0 Å². The Morgan fingerprint density at radius 3 is 2.09 bits per heavy atom. The molecule has 1 atom stereocenters. The Balaban J connectivity index is 0.00000242. The van der Waals surface area contributed by atoms with Crippen LogP contribution in [0.5, 0.6) is 0 Å². The average Bonchev–Trinajstić information content (AvgIpc) is 2.40. The third-order valence-electron chi connectivity index (χ3n) is 3.42. The van der Waals surface area contributed by atoms with E-state index in [9.17, 15) is 26.3 Å². The van der Waals surface area contributed by atoms with Crippen LogP contribution in [0.4, 0.5) is 26.3 Å². The summed E-state index contributed by atoms with van der Waals surface area (Å²) in [6, 6.07) is -0.554. The molecule has 1 N–H and O–H groups in total. The van der Waals surface area contributed by atoms with Crippen LogP contribution in [0, 0.1) is 17.5 Å². The van der Waals surface area contributed by atoms with E-state index in [0.29, 0.717) is 19.2 Å². The molecule has 126 valence electrons. The van der Waals surface area contributed by atoms with Crippen molar-refractivity contribution in [3.63, 3.8) is 0 Å². The lowest BCUT2D eigenvalue weighted by Crippen LogP contribution is -2.46. The summed E-state index contributed by atoms with van der Waals surface area (Å²) in [6.45, 7) is 1.47. The summed E-state index contributed by atoms with van der Waals surface area (Å²) in [6.07, 6.45) is -5.85. The van der Waals surface area contributed by atoms with Crippen LogP contribution >= 0.6 is 12.4 Å². The molecule has 1 saturated heterocycles. The van der Waals surface area contributed by atoms with Gasteiger partial charge in [0.2, 0.25) is 0 Å². The second-order valence-electron chi connectivity index (χ2n) is 4.91. The van der Waals surface area contributed by atoms with Gasteiger partial charge in [0.05, 0.1) is 6.42 Å². The minimum absolute atomic E-state index is 0. The molecule has 0 aromatic heterocycles. The molecule has 2 nitrogen and oxygen atoms in total. The number of piperazine rings is 1. The zero-order valence-electron chi connectivity index (χ0n) is 11.4. The van der Waals surface area contributed by atoms with E-state index >= 15 is 0 Å². The van der Waals surface area contributed by atoms with E-state index in [2.05, 4.69) is 5.32 Å². The number of nitrogens with zero attached hydrogens (tertiary/aromatic N) is 1. The third-order valence-corrected chi connectivity index (χ3v) is 3.42. The van der Waals surface area contributed by atoms with Gasteiger partial charge in [0.25, 0.3) is 0 Å². The van der Waals surface area contributed by atoms with Gasteiger partial charge in [0, 0.05) is 43.9 Å². The summed E-state index contributed by atoms with van der Waals surface area (Å²) < 4.78 is 78.2. The molecule has 0 saturated carbocycles. The number of nitrogens with one attached hydrogen (secondary N) is 1. The lowest BCUT2D eigenvalue weighted by atomic mass is 10.00. The Morgan fingerprint density at radius 2 is 1.55 bits per heavy atom. The quantitative estimate of drug-likeness (QED) is 0.665. The van der Waals surface area contributed by atoms with Gasteiger partial charge in [-0.25, -0.2) is 13.2 Å². The maximum absolute atomic E-state index is 13.8. The van der Waals surface area contributed by atoms with Crippen LogP contribution in [-0.4, -0.2) is 37.3 Å². The second-order valence-corrected chi connectivity index (χ2v) is 4.91. The van der Waals surface area contributed by atoms with Gasteiger partial charge in [0.1, 0.15) is 5.82 Å². The first-order chi connectivity index (χ1) is 9.78. The van der Waals surface area contributed by atoms with Crippen LogP contribution in [-0.2, 0) is 0 Å². The monoisotopic (exact) mass is 348 g/mol. The van der Waals surface area contributed by atoms with Crippen molar-refractivity contribution in [2.75, 3.05) is 26.2 Å². The van der Waals surface area contributed by atoms with Crippen molar-refractivity contribution in [3.8, 4) is 0 Å². The highest BCUT2D eigenvalue weighted by molar-refractivity contribution is 5.85. The van der Waals surface area contributed by atoms with Gasteiger partial charge in [-0.3, -0.25) is 4.90 Å². The first-order valence-electron chi connectivity index (χ1n) is 6.44. The molecule has 0 bridgehead atoms. The predicted octanol–water partition coefficient (Wildman–Crippen LogP) is 3.42. The predicted molar refractivity (Wildman–Crippen MR) is 71.4 cm³/mol. The molecule has 22 heavy (non-hydrogen) atoms. The molecule has 0 aliphatic carbocycles. The van der Waals surface area contributed by atoms with Gasteiger partial charge >= 0.3 is 6.18 Å². The number of alkyl halides is 3. The molecular formula is C13H15ClF6N2. The normalized spacial score (nSPS) is 17.9. The van der Waals surface area contributed by atoms with Crippen LogP contribution in [0.25, 0.3) is 0 Å². The molecule has 2 rings (SSSR count). The van der Waals surface area contributed by atoms with Crippen LogP contribution in [0.3, 0.4) is 0 Å². The summed E-state index contributed by atoms with van der Waals surface area (Å²) in [5.74, 6) is -3.93. The van der Waals surface area contributed by atoms with Crippen molar-refractivity contribution in [1.82, 2.24) is 10.2 Å². The van der Waals surface area contributed by atoms with Crippen molar-refractivity contribution in [2.24, 2.45) is 0 Å². The number of benzene rings is 1. The molecule has 0 radical (unpaired) electrons. The largest absolute Gasteiger partial charge is 0.390 e. The van der Waals surface area contributed by atoms with Gasteiger partial charge in [-0.15, -0.1) is 12.4 Å². The van der Waals surface area contributed by atoms with Gasteiger partial charge in [-0.05, 0) is 6.07 Å². The van der Waals surface area contributed by atoms with Gasteiger partial charge in [0.15, 0.2) is 11.6 Å². The fourth-order valence-electron chi connectivity index (χ4n) is 2.44. The zero-order valence-corrected chi connectivity index (χ0v) is 12.2. The summed E-state index contributed by atoms with van der Waals surface area (Å²) in [5.41, 5.74) is -0.465. The topological polar surface area (TPSA) is 15.3 Å². The Labute approximate surface area is 129 Å². The Morgan fingerprint density at radius 1 is 1.00 bits per heavy atom. The molecule has 1 aliphatic heterocycles. The fourth-order valence-corrected chi connectivity index (χ4v) is 2.44. The molecule has 0 amide bonds. The Hall–Kier alpha value is -0.990. The van der Waals surface area contributed by atoms with E-state index in [1.165, 1.54) is 4.90 Å². The smallest absolute Gasteiger partial charge is 0.314 e. The van der Waals surface area contributed by atoms with E-state index in [1.807, 2.05) is 0 Å². The summed E-state index contributed by atoms with van der Waals surface area (Å²) in [7, 11) is 0. The van der Waals surface area contributed by atoms with Crippen molar-refractivity contribution < 1.29 is 26.3 Å². The van der Waals surface area contributed by atoms with Crippen LogP contribution < -0.4 is 5.32 Å². The fraction of sp³-hybridized carbons (Fsp3) is 0.538. The van der Waals surface area contributed by atoms with Crippen molar-refractivity contribution in [2.45, 2.75) is 18.6 Å². The lowest BCUT2D eigenvalue weighted by Gasteiger charge is -2.35. The summed E-state index contributed by atoms with van der Waals surface area (Å²) in [4.78, 5) is 1.43. The zero-order chi connectivity index (χ0) is 15.6. The van der Waals surface area contributed by atoms with Crippen LogP contribution in [0.1, 0.15) is 18.0 Å². The molecule has 0 spiro atoms. The van der Waals surface area contributed by atoms with Crippen molar-refractivity contribution in [3.05, 3.63) is 35.1 Å². The highest BCUT2D eigenvalue weighted by Gasteiger charge is 2.37. The van der Waals surface area contributed by atoms with Gasteiger partial charge < -0.3 is 5.32 Å². The molecule has 1 heterocycles. The number of halogens is 7. The first kappa shape index (κ1) is 19.1. The SMILES string of the molecule is Cl.Fc1cc(F)c([C@H](CC(F)(F)F)N2CCNCC2)cc1F. The maximum atomic E-state index is 13.8. The van der Waals surface area contributed by atoms with Crippen LogP contribution in [0.2, 0.25) is 0 Å². The molecule has 0 unspecified atom stereocenters. The van der Waals surface area contributed by atoms with Gasteiger partial charge in [-0.1, -0.05) is 0 Å². The molecular weight excluding hydrogens is 334 g/mol. The average molecular weight is 349 g/mol. The van der Waals surface area contributed by atoms with E-state index in [-0.39, 0.29) is 31.6 Å². The lowest BCUT2D eigenvalue weighted by molar-refractivity contribution is -0.149. The number of hydrogen-bond acceptors (Lipinski definition) is 2. The molecule has 1 aromatic carbocycles. The second kappa shape index (κ2) is 7.52. The third kappa shape index (κ3) is 4.76. The minimum atomic E-state index is -4.53. The van der Waals surface area contributed by atoms with Crippen molar-refractivity contribution in [1.29, 1.82) is 0 Å². The standard InChI is InChI=1S/C13H14F6N2.ClH/c14-9-6-11(16)10(15)5-8(9)12(7-13(17,18)19)21-3-1-20-2-4-21;/h5-6,12,20H,1-4,7H2;1H/t12-;/m0./s1. The molecule has 1 aliphatic rings. The maximum Gasteiger partial charge on any atom is 0.390 e. The van der Waals surface area contributed by atoms with Gasteiger partial charge in [-0.2, -0.15) is 13.2 Å². The Bertz CT molecular complexity index is 502. The summed E-state index contributed by atoms with van der Waals surface area (Å²) in [5, 5.41) is 2.97. The number of rotatable bonds is 3. The summed E-state index contributed by atoms with van der Waals surface area (Å²) >= 11 is 0.